The zero-order valence-electron chi connectivity index (χ0n) is 10.3. The molecule has 0 saturated carbocycles. The lowest BCUT2D eigenvalue weighted by Gasteiger charge is -2.38. The summed E-state index contributed by atoms with van der Waals surface area (Å²) in [5.74, 6) is 0.219. The van der Waals surface area contributed by atoms with Crippen molar-refractivity contribution in [2.24, 2.45) is 0 Å². The van der Waals surface area contributed by atoms with Gasteiger partial charge in [0.05, 0.1) is 11.6 Å². The van der Waals surface area contributed by atoms with Crippen molar-refractivity contribution >= 4 is 5.91 Å². The molecule has 1 atom stereocenters. The van der Waals surface area contributed by atoms with E-state index in [2.05, 4.69) is 5.32 Å². The highest BCUT2D eigenvalue weighted by atomic mass is 16.5. The molecule has 2 aliphatic heterocycles. The zero-order chi connectivity index (χ0) is 11.6. The van der Waals surface area contributed by atoms with Gasteiger partial charge in [0.25, 0.3) is 0 Å². The number of rotatable bonds is 3. The molecule has 0 aromatic carbocycles. The van der Waals surface area contributed by atoms with Crippen molar-refractivity contribution in [2.75, 3.05) is 26.2 Å². The van der Waals surface area contributed by atoms with Crippen LogP contribution in [0, 0.1) is 0 Å². The van der Waals surface area contributed by atoms with Crippen molar-refractivity contribution in [3.63, 3.8) is 0 Å². The summed E-state index contributed by atoms with van der Waals surface area (Å²) in [5.41, 5.74) is -0.394. The molecule has 2 saturated heterocycles. The Morgan fingerprint density at radius 3 is 3.06 bits per heavy atom. The smallest absolute Gasteiger partial charge is 0.242 e. The van der Waals surface area contributed by atoms with E-state index in [0.29, 0.717) is 6.10 Å². The predicted molar refractivity (Wildman–Crippen MR) is 62.3 cm³/mol. The van der Waals surface area contributed by atoms with Crippen LogP contribution in [0.1, 0.15) is 33.1 Å². The van der Waals surface area contributed by atoms with Gasteiger partial charge in [-0.25, -0.2) is 0 Å². The first-order chi connectivity index (χ1) is 7.59. The van der Waals surface area contributed by atoms with Gasteiger partial charge in [-0.2, -0.15) is 0 Å². The maximum atomic E-state index is 12.1. The lowest BCUT2D eigenvalue weighted by atomic mass is 10.0. The van der Waals surface area contributed by atoms with Gasteiger partial charge in [0, 0.05) is 26.2 Å². The van der Waals surface area contributed by atoms with Crippen molar-refractivity contribution in [3.05, 3.63) is 0 Å². The quantitative estimate of drug-likeness (QED) is 0.772. The Balaban J connectivity index is 1.82. The minimum absolute atomic E-state index is 0.219. The summed E-state index contributed by atoms with van der Waals surface area (Å²) in [6.45, 7) is 7.36. The lowest BCUT2D eigenvalue weighted by Crippen LogP contribution is -2.61. The molecule has 2 rings (SSSR count). The maximum Gasteiger partial charge on any atom is 0.242 e. The summed E-state index contributed by atoms with van der Waals surface area (Å²) in [5, 5.41) is 3.24. The van der Waals surface area contributed by atoms with Gasteiger partial charge >= 0.3 is 0 Å². The molecule has 0 aliphatic carbocycles. The molecule has 0 bridgehead atoms. The lowest BCUT2D eigenvalue weighted by molar-refractivity contribution is -0.140. The van der Waals surface area contributed by atoms with Crippen LogP contribution in [0.3, 0.4) is 0 Å². The molecule has 2 heterocycles. The van der Waals surface area contributed by atoms with Crippen molar-refractivity contribution in [1.82, 2.24) is 10.2 Å². The molecule has 1 amide bonds. The third-order valence-corrected chi connectivity index (χ3v) is 3.52. The van der Waals surface area contributed by atoms with Crippen molar-refractivity contribution in [2.45, 2.75) is 44.8 Å². The molecule has 0 aromatic heterocycles. The SMILES string of the molecule is CC1(C)NCCN(CCC2CCCO2)C1=O. The van der Waals surface area contributed by atoms with Crippen LogP contribution in [-0.2, 0) is 9.53 Å². The predicted octanol–water partition coefficient (Wildman–Crippen LogP) is 0.766. The van der Waals surface area contributed by atoms with E-state index < -0.39 is 5.54 Å². The van der Waals surface area contributed by atoms with Gasteiger partial charge in [-0.3, -0.25) is 4.79 Å². The molecule has 4 nitrogen and oxygen atoms in total. The monoisotopic (exact) mass is 226 g/mol. The summed E-state index contributed by atoms with van der Waals surface area (Å²) < 4.78 is 5.58. The Bertz CT molecular complexity index is 260. The molecular formula is C12H22N2O2. The highest BCUT2D eigenvalue weighted by molar-refractivity contribution is 5.86. The maximum absolute atomic E-state index is 12.1. The molecule has 2 aliphatic rings. The van der Waals surface area contributed by atoms with Crippen molar-refractivity contribution in [3.8, 4) is 0 Å². The number of amides is 1. The fraction of sp³-hybridized carbons (Fsp3) is 0.917. The Morgan fingerprint density at radius 2 is 2.38 bits per heavy atom. The number of ether oxygens (including phenoxy) is 1. The van der Waals surface area contributed by atoms with Crippen LogP contribution >= 0.6 is 0 Å². The molecular weight excluding hydrogens is 204 g/mol. The summed E-state index contributed by atoms with van der Waals surface area (Å²) in [7, 11) is 0. The number of hydrogen-bond acceptors (Lipinski definition) is 3. The number of carbonyl (C=O) groups is 1. The Hall–Kier alpha value is -0.610. The molecule has 92 valence electrons. The van der Waals surface area contributed by atoms with Crippen LogP contribution < -0.4 is 5.32 Å². The first-order valence-corrected chi connectivity index (χ1v) is 6.25. The van der Waals surface area contributed by atoms with Crippen LogP contribution in [0.2, 0.25) is 0 Å². The molecule has 16 heavy (non-hydrogen) atoms. The molecule has 0 aromatic rings. The molecule has 2 fully saturated rings. The van der Waals surface area contributed by atoms with Crippen LogP contribution in [0.4, 0.5) is 0 Å². The molecule has 0 radical (unpaired) electrons. The van der Waals surface area contributed by atoms with Gasteiger partial charge < -0.3 is 15.0 Å². The Kier molecular flexibility index (Phi) is 3.50. The number of nitrogens with one attached hydrogen (secondary N) is 1. The normalized spacial score (nSPS) is 29.8. The minimum atomic E-state index is -0.394. The molecule has 4 heteroatoms. The number of hydrogen-bond donors (Lipinski definition) is 1. The van der Waals surface area contributed by atoms with E-state index in [1.807, 2.05) is 18.7 Å². The number of nitrogens with zero attached hydrogens (tertiary/aromatic N) is 1. The second kappa shape index (κ2) is 4.72. The van der Waals surface area contributed by atoms with E-state index in [4.69, 9.17) is 4.74 Å². The van der Waals surface area contributed by atoms with Gasteiger partial charge in [0.15, 0.2) is 0 Å². The Labute approximate surface area is 97.3 Å². The molecule has 1 unspecified atom stereocenters. The fourth-order valence-electron chi connectivity index (χ4n) is 2.46. The largest absolute Gasteiger partial charge is 0.378 e. The van der Waals surface area contributed by atoms with E-state index in [-0.39, 0.29) is 5.91 Å². The van der Waals surface area contributed by atoms with Crippen molar-refractivity contribution < 1.29 is 9.53 Å². The van der Waals surface area contributed by atoms with Crippen LogP contribution in [0.15, 0.2) is 0 Å². The van der Waals surface area contributed by atoms with E-state index in [1.165, 1.54) is 6.42 Å². The second-order valence-corrected chi connectivity index (χ2v) is 5.27. The summed E-state index contributed by atoms with van der Waals surface area (Å²) in [6.07, 6.45) is 3.70. The van der Waals surface area contributed by atoms with E-state index >= 15 is 0 Å². The van der Waals surface area contributed by atoms with Crippen molar-refractivity contribution in [1.29, 1.82) is 0 Å². The highest BCUT2D eigenvalue weighted by Gasteiger charge is 2.35. The summed E-state index contributed by atoms with van der Waals surface area (Å²) in [6, 6.07) is 0. The van der Waals surface area contributed by atoms with E-state index in [0.717, 1.165) is 39.1 Å². The average molecular weight is 226 g/mol. The first kappa shape index (κ1) is 11.9. The average Bonchev–Trinajstić information content (AvgIpc) is 2.73. The van der Waals surface area contributed by atoms with Gasteiger partial charge in [-0.15, -0.1) is 0 Å². The minimum Gasteiger partial charge on any atom is -0.378 e. The first-order valence-electron chi connectivity index (χ1n) is 6.25. The molecule has 0 spiro atoms. The summed E-state index contributed by atoms with van der Waals surface area (Å²) in [4.78, 5) is 14.0. The highest BCUT2D eigenvalue weighted by Crippen LogP contribution is 2.18. The third kappa shape index (κ3) is 2.55. The number of piperazine rings is 1. The summed E-state index contributed by atoms with van der Waals surface area (Å²) >= 11 is 0. The zero-order valence-corrected chi connectivity index (χ0v) is 10.3. The standard InChI is InChI=1S/C12H22N2O2/c1-12(2)11(15)14(8-6-13-12)7-5-10-4-3-9-16-10/h10,13H,3-9H2,1-2H3. The number of carbonyl (C=O) groups excluding carboxylic acids is 1. The van der Waals surface area contributed by atoms with Gasteiger partial charge in [0.1, 0.15) is 0 Å². The van der Waals surface area contributed by atoms with Crippen LogP contribution in [-0.4, -0.2) is 48.7 Å². The van der Waals surface area contributed by atoms with Gasteiger partial charge in [-0.05, 0) is 33.1 Å². The topological polar surface area (TPSA) is 41.6 Å². The second-order valence-electron chi connectivity index (χ2n) is 5.27. The molecule has 1 N–H and O–H groups in total. The van der Waals surface area contributed by atoms with Gasteiger partial charge in [-0.1, -0.05) is 0 Å². The van der Waals surface area contributed by atoms with Gasteiger partial charge in [0.2, 0.25) is 5.91 Å². The van der Waals surface area contributed by atoms with Crippen LogP contribution in [0.25, 0.3) is 0 Å². The van der Waals surface area contributed by atoms with E-state index in [9.17, 15) is 4.79 Å². The third-order valence-electron chi connectivity index (χ3n) is 3.52. The Morgan fingerprint density at radius 1 is 1.56 bits per heavy atom. The van der Waals surface area contributed by atoms with Crippen LogP contribution in [0.5, 0.6) is 0 Å². The van der Waals surface area contributed by atoms with E-state index in [1.54, 1.807) is 0 Å². The fourth-order valence-corrected chi connectivity index (χ4v) is 2.46.